The van der Waals surface area contributed by atoms with Crippen molar-refractivity contribution in [1.82, 2.24) is 14.2 Å². The highest BCUT2D eigenvalue weighted by atomic mass is 32.2. The van der Waals surface area contributed by atoms with E-state index >= 15 is 0 Å². The van der Waals surface area contributed by atoms with Gasteiger partial charge in [-0.1, -0.05) is 25.1 Å². The quantitative estimate of drug-likeness (QED) is 0.757. The summed E-state index contributed by atoms with van der Waals surface area (Å²) in [5, 5.41) is 10.3. The number of benzene rings is 1. The highest BCUT2D eigenvalue weighted by Crippen LogP contribution is 2.32. The van der Waals surface area contributed by atoms with Gasteiger partial charge in [-0.05, 0) is 43.5 Å². The van der Waals surface area contributed by atoms with E-state index in [1.54, 1.807) is 0 Å². The number of rotatable bonds is 8. The van der Waals surface area contributed by atoms with E-state index < -0.39 is 11.0 Å². The van der Waals surface area contributed by atoms with Crippen LogP contribution in [0.25, 0.3) is 10.9 Å². The molecule has 2 heterocycles. The van der Waals surface area contributed by atoms with E-state index in [9.17, 15) is 4.21 Å². The second-order valence-corrected chi connectivity index (χ2v) is 8.24. The molecule has 2 N–H and O–H groups in total. The summed E-state index contributed by atoms with van der Waals surface area (Å²) >= 11 is 0. The summed E-state index contributed by atoms with van der Waals surface area (Å²) in [6.07, 6.45) is 4.53. The van der Waals surface area contributed by atoms with Crippen LogP contribution < -0.4 is 0 Å². The zero-order chi connectivity index (χ0) is 17.6. The van der Waals surface area contributed by atoms with Crippen LogP contribution in [0.15, 0.2) is 30.5 Å². The molecule has 1 aliphatic heterocycles. The molecule has 6 heteroatoms. The maximum absolute atomic E-state index is 12.0. The summed E-state index contributed by atoms with van der Waals surface area (Å²) in [5.41, 5.74) is 2.68. The molecule has 1 aliphatic rings. The number of hydrogen-bond acceptors (Lipinski definition) is 3. The van der Waals surface area contributed by atoms with Gasteiger partial charge in [0.2, 0.25) is 0 Å². The van der Waals surface area contributed by atoms with Crippen LogP contribution in [0, 0.1) is 0 Å². The van der Waals surface area contributed by atoms with Crippen LogP contribution >= 0.6 is 0 Å². The molecule has 0 spiro atoms. The van der Waals surface area contributed by atoms with E-state index in [-0.39, 0.29) is 6.61 Å². The lowest BCUT2D eigenvalue weighted by Crippen LogP contribution is -2.40. The molecule has 3 rings (SSSR count). The number of aromatic amines is 1. The van der Waals surface area contributed by atoms with Crippen LogP contribution in [0.1, 0.15) is 31.2 Å². The lowest BCUT2D eigenvalue weighted by atomic mass is 9.89. The third-order valence-corrected chi connectivity index (χ3v) is 6.77. The second kappa shape index (κ2) is 8.94. The Morgan fingerprint density at radius 3 is 2.80 bits per heavy atom. The molecule has 25 heavy (non-hydrogen) atoms. The summed E-state index contributed by atoms with van der Waals surface area (Å²) in [7, 11) is -1.06. The van der Waals surface area contributed by atoms with E-state index in [1.807, 2.05) is 11.2 Å². The number of nitrogens with zero attached hydrogens (tertiary/aromatic N) is 2. The number of fused-ring (bicyclic) bond motifs is 1. The maximum Gasteiger partial charge on any atom is 0.0966 e. The summed E-state index contributed by atoms with van der Waals surface area (Å²) in [6.45, 7) is 6.71. The van der Waals surface area contributed by atoms with Crippen molar-refractivity contribution in [2.24, 2.45) is 0 Å². The normalized spacial score (nSPS) is 18.2. The number of aromatic nitrogens is 1. The zero-order valence-corrected chi connectivity index (χ0v) is 15.8. The Balaban J connectivity index is 1.51. The molecule has 0 saturated carbocycles. The molecule has 138 valence electrons. The van der Waals surface area contributed by atoms with Crippen molar-refractivity contribution in [3.05, 3.63) is 36.0 Å². The summed E-state index contributed by atoms with van der Waals surface area (Å²) in [4.78, 5) is 5.87. The Bertz CT molecular complexity index is 695. The fourth-order valence-corrected chi connectivity index (χ4v) is 4.75. The minimum Gasteiger partial charge on any atom is -0.395 e. The molecule has 5 nitrogen and oxygen atoms in total. The second-order valence-electron chi connectivity index (χ2n) is 6.68. The zero-order valence-electron chi connectivity index (χ0n) is 15.0. The van der Waals surface area contributed by atoms with Gasteiger partial charge in [0.25, 0.3) is 0 Å². The molecule has 1 saturated heterocycles. The first-order valence-electron chi connectivity index (χ1n) is 9.25. The van der Waals surface area contributed by atoms with Gasteiger partial charge in [0.15, 0.2) is 0 Å². The molecule has 0 amide bonds. The molecule has 1 unspecified atom stereocenters. The van der Waals surface area contributed by atoms with E-state index in [0.29, 0.717) is 11.7 Å². The largest absolute Gasteiger partial charge is 0.395 e. The van der Waals surface area contributed by atoms with Crippen LogP contribution in [0.4, 0.5) is 0 Å². The minimum atomic E-state index is -1.06. The average molecular weight is 364 g/mol. The van der Waals surface area contributed by atoms with Crippen molar-refractivity contribution >= 4 is 21.9 Å². The number of hydrogen-bond donors (Lipinski definition) is 2. The Labute approximate surface area is 152 Å². The Kier molecular flexibility index (Phi) is 6.64. The molecular weight excluding hydrogens is 334 g/mol. The first kappa shape index (κ1) is 18.6. The lowest BCUT2D eigenvalue weighted by Gasteiger charge is -2.33. The molecule has 1 atom stereocenters. The van der Waals surface area contributed by atoms with Crippen molar-refractivity contribution in [3.8, 4) is 0 Å². The van der Waals surface area contributed by atoms with Crippen molar-refractivity contribution in [3.63, 3.8) is 0 Å². The van der Waals surface area contributed by atoms with Crippen LogP contribution in [0.3, 0.4) is 0 Å². The lowest BCUT2D eigenvalue weighted by molar-refractivity contribution is 0.201. The summed E-state index contributed by atoms with van der Waals surface area (Å²) in [6, 6.07) is 8.54. The van der Waals surface area contributed by atoms with Gasteiger partial charge in [-0.15, -0.1) is 0 Å². The van der Waals surface area contributed by atoms with E-state index in [4.69, 9.17) is 5.11 Å². The van der Waals surface area contributed by atoms with E-state index in [2.05, 4.69) is 40.3 Å². The number of piperidine rings is 1. The first-order chi connectivity index (χ1) is 12.2. The van der Waals surface area contributed by atoms with Crippen molar-refractivity contribution in [2.45, 2.75) is 25.7 Å². The third kappa shape index (κ3) is 4.50. The van der Waals surface area contributed by atoms with Gasteiger partial charge in [-0.2, -0.15) is 0 Å². The predicted octanol–water partition coefficient (Wildman–Crippen LogP) is 2.33. The predicted molar refractivity (Wildman–Crippen MR) is 104 cm³/mol. The smallest absolute Gasteiger partial charge is 0.0966 e. The highest BCUT2D eigenvalue weighted by molar-refractivity contribution is 7.82. The highest BCUT2D eigenvalue weighted by Gasteiger charge is 2.23. The Hall–Kier alpha value is -1.21. The molecule has 1 aromatic carbocycles. The molecule has 1 fully saturated rings. The van der Waals surface area contributed by atoms with Gasteiger partial charge < -0.3 is 15.0 Å². The van der Waals surface area contributed by atoms with Crippen LogP contribution in [0.5, 0.6) is 0 Å². The van der Waals surface area contributed by atoms with Gasteiger partial charge in [0.05, 0.1) is 23.3 Å². The van der Waals surface area contributed by atoms with Gasteiger partial charge in [0, 0.05) is 36.7 Å². The summed E-state index contributed by atoms with van der Waals surface area (Å²) < 4.78 is 14.0. The van der Waals surface area contributed by atoms with Crippen LogP contribution in [0.2, 0.25) is 0 Å². The number of nitrogens with one attached hydrogen (secondary N) is 1. The summed E-state index contributed by atoms with van der Waals surface area (Å²) in [5.74, 6) is 0.967. The monoisotopic (exact) mass is 363 g/mol. The first-order valence-corrected chi connectivity index (χ1v) is 10.5. The molecule has 0 radical (unpaired) electrons. The molecule has 0 aliphatic carbocycles. The third-order valence-electron chi connectivity index (χ3n) is 5.22. The Morgan fingerprint density at radius 2 is 2.08 bits per heavy atom. The average Bonchev–Trinajstić information content (AvgIpc) is 3.07. The van der Waals surface area contributed by atoms with Crippen molar-refractivity contribution in [2.75, 3.05) is 45.1 Å². The molecule has 1 aromatic heterocycles. The van der Waals surface area contributed by atoms with Crippen LogP contribution in [-0.4, -0.2) is 68.6 Å². The van der Waals surface area contributed by atoms with E-state index in [1.165, 1.54) is 29.3 Å². The number of likely N-dealkylation sites (tertiary alicyclic amines) is 1. The van der Waals surface area contributed by atoms with Crippen molar-refractivity contribution < 1.29 is 9.32 Å². The molecular formula is C19H29N3O2S. The van der Waals surface area contributed by atoms with Crippen LogP contribution in [-0.2, 0) is 11.0 Å². The minimum absolute atomic E-state index is 0.0148. The number of aliphatic hydroxyl groups excluding tert-OH is 1. The molecule has 2 aromatic rings. The van der Waals surface area contributed by atoms with Gasteiger partial charge in [0.1, 0.15) is 0 Å². The van der Waals surface area contributed by atoms with Gasteiger partial charge >= 0.3 is 0 Å². The number of para-hydroxylation sites is 1. The van der Waals surface area contributed by atoms with Gasteiger partial charge in [-0.3, -0.25) is 0 Å². The number of H-pyrrole nitrogens is 1. The number of likely N-dealkylation sites (N-methyl/N-ethyl adjacent to an activating group) is 1. The topological polar surface area (TPSA) is 59.6 Å². The maximum atomic E-state index is 12.0. The molecule has 0 bridgehead atoms. The fraction of sp³-hybridized carbons (Fsp3) is 0.579. The standard InChI is InChI=1S/C19H29N3O2S/c1-2-22(25(24)14-13-23)12-11-21-9-7-16(8-10-21)18-15-20-19-6-4-3-5-17(18)19/h3-6,15-16,20,23H,2,7-14H2,1H3. The SMILES string of the molecule is CCN(CCN1CCC(c2c[nH]c3ccccc23)CC1)S(=O)CCO. The van der Waals surface area contributed by atoms with E-state index in [0.717, 1.165) is 32.7 Å². The fourth-order valence-electron chi connectivity index (χ4n) is 3.76. The number of aliphatic hydroxyl groups is 1. The Morgan fingerprint density at radius 1 is 1.32 bits per heavy atom. The van der Waals surface area contributed by atoms with Crippen molar-refractivity contribution in [1.29, 1.82) is 0 Å². The van der Waals surface area contributed by atoms with Gasteiger partial charge in [-0.25, -0.2) is 8.51 Å².